The number of nitrogens with one attached hydrogen (secondary N) is 1. The van der Waals surface area contributed by atoms with Gasteiger partial charge in [0.05, 0.1) is 41.4 Å². The summed E-state index contributed by atoms with van der Waals surface area (Å²) in [5.41, 5.74) is 3.75. The van der Waals surface area contributed by atoms with Gasteiger partial charge in [-0.3, -0.25) is 9.78 Å². The molecule has 1 saturated carbocycles. The van der Waals surface area contributed by atoms with E-state index in [4.69, 9.17) is 14.5 Å². The van der Waals surface area contributed by atoms with Crippen LogP contribution in [-0.2, 0) is 13.2 Å². The number of carbonyl (C=O) groups excluding carboxylic acids is 1. The van der Waals surface area contributed by atoms with Crippen LogP contribution in [0.1, 0.15) is 47.1 Å². The third-order valence-electron chi connectivity index (χ3n) is 7.98. The number of hydrogen-bond acceptors (Lipinski definition) is 9. The number of pyridine rings is 3. The van der Waals surface area contributed by atoms with Crippen molar-refractivity contribution in [3.8, 4) is 29.0 Å². The molecule has 2 fully saturated rings. The van der Waals surface area contributed by atoms with Crippen LogP contribution in [-0.4, -0.2) is 51.8 Å². The van der Waals surface area contributed by atoms with Gasteiger partial charge in [0.1, 0.15) is 18.0 Å². The first kappa shape index (κ1) is 29.0. The maximum Gasteiger partial charge on any atom is 0.274 e. The van der Waals surface area contributed by atoms with Crippen LogP contribution in [0, 0.1) is 22.6 Å². The summed E-state index contributed by atoms with van der Waals surface area (Å²) in [5, 5.41) is 21.7. The smallest absolute Gasteiger partial charge is 0.274 e. The van der Waals surface area contributed by atoms with Gasteiger partial charge in [0.2, 0.25) is 5.88 Å². The van der Waals surface area contributed by atoms with Crippen molar-refractivity contribution in [3.05, 3.63) is 95.3 Å². The lowest BCUT2D eigenvalue weighted by molar-refractivity contribution is -0.0344. The van der Waals surface area contributed by atoms with Crippen LogP contribution in [0.25, 0.3) is 11.3 Å². The number of aliphatic hydroxyl groups excluding tert-OH is 1. The number of aliphatic hydroxyl groups is 1. The highest BCUT2D eigenvalue weighted by Gasteiger charge is 2.54. The third-order valence-corrected chi connectivity index (χ3v) is 7.98. The average molecular weight is 595 g/mol. The summed E-state index contributed by atoms with van der Waals surface area (Å²) in [5.74, 6) is -0.0343. The van der Waals surface area contributed by atoms with Crippen LogP contribution in [0.15, 0.2) is 67.0 Å². The molecule has 4 aromatic rings. The van der Waals surface area contributed by atoms with Gasteiger partial charge in [-0.15, -0.1) is 0 Å². The highest BCUT2D eigenvalue weighted by molar-refractivity contribution is 5.95. The van der Waals surface area contributed by atoms with E-state index in [1.165, 1.54) is 12.1 Å². The van der Waals surface area contributed by atoms with E-state index in [1.54, 1.807) is 48.8 Å². The van der Waals surface area contributed by atoms with Gasteiger partial charge >= 0.3 is 0 Å². The molecule has 0 atom stereocenters. The van der Waals surface area contributed by atoms with Gasteiger partial charge in [-0.25, -0.2) is 14.4 Å². The molecule has 1 spiro atoms. The zero-order valence-corrected chi connectivity index (χ0v) is 24.2. The van der Waals surface area contributed by atoms with Crippen LogP contribution in [0.4, 0.5) is 10.1 Å². The van der Waals surface area contributed by atoms with E-state index < -0.39 is 11.7 Å². The maximum atomic E-state index is 13.6. The summed E-state index contributed by atoms with van der Waals surface area (Å²) in [6.45, 7) is 3.83. The van der Waals surface area contributed by atoms with Gasteiger partial charge in [0.15, 0.2) is 11.4 Å². The second-order valence-electron chi connectivity index (χ2n) is 11.1. The molecule has 1 aliphatic carbocycles. The second kappa shape index (κ2) is 12.3. The standard InChI is InChI=1S/C33H31FN6O4/c1-2-43-32-26(4-3-10-37-32)27-6-8-29(30(39-27)31(42)38-17-21-9-11-36-24(12-21)18-41)44-25-14-33(15-25)19-40(20-33)28-7-5-23(34)13-22(28)16-35/h3-13,25,41H,2,14-15,17-20H2,1H3,(H,38,42). The van der Waals surface area contributed by atoms with Gasteiger partial charge in [-0.2, -0.15) is 5.26 Å². The summed E-state index contributed by atoms with van der Waals surface area (Å²) in [4.78, 5) is 28.7. The van der Waals surface area contributed by atoms with Gasteiger partial charge in [-0.05, 0) is 79.9 Å². The Morgan fingerprint density at radius 2 is 2.00 bits per heavy atom. The highest BCUT2D eigenvalue weighted by atomic mass is 19.1. The molecule has 1 amide bonds. The molecule has 3 aromatic heterocycles. The molecule has 2 aliphatic rings. The first-order valence-corrected chi connectivity index (χ1v) is 14.4. The maximum absolute atomic E-state index is 13.6. The molecule has 1 saturated heterocycles. The number of rotatable bonds is 10. The minimum absolute atomic E-state index is 0.0510. The Morgan fingerprint density at radius 3 is 2.77 bits per heavy atom. The Morgan fingerprint density at radius 1 is 1.16 bits per heavy atom. The lowest BCUT2D eigenvalue weighted by atomic mass is 9.61. The second-order valence-corrected chi connectivity index (χ2v) is 11.1. The molecule has 10 nitrogen and oxygen atoms in total. The van der Waals surface area contributed by atoms with Crippen molar-refractivity contribution in [3.63, 3.8) is 0 Å². The van der Waals surface area contributed by atoms with Crippen molar-refractivity contribution in [2.45, 2.75) is 39.0 Å². The Hall–Kier alpha value is -5.08. The van der Waals surface area contributed by atoms with Crippen molar-refractivity contribution in [1.82, 2.24) is 20.3 Å². The predicted molar refractivity (Wildman–Crippen MR) is 159 cm³/mol. The van der Waals surface area contributed by atoms with E-state index in [0.717, 1.165) is 37.2 Å². The van der Waals surface area contributed by atoms with E-state index in [2.05, 4.69) is 26.3 Å². The quantitative estimate of drug-likeness (QED) is 0.274. The molecule has 4 heterocycles. The van der Waals surface area contributed by atoms with E-state index >= 15 is 0 Å². The van der Waals surface area contributed by atoms with E-state index in [9.17, 15) is 19.6 Å². The molecule has 0 radical (unpaired) electrons. The van der Waals surface area contributed by atoms with Crippen LogP contribution in [0.5, 0.6) is 11.6 Å². The predicted octanol–water partition coefficient (Wildman–Crippen LogP) is 4.42. The van der Waals surface area contributed by atoms with E-state index in [-0.39, 0.29) is 30.4 Å². The number of nitriles is 1. The minimum atomic E-state index is -0.426. The minimum Gasteiger partial charge on any atom is -0.488 e. The third kappa shape index (κ3) is 5.89. The number of benzene rings is 1. The van der Waals surface area contributed by atoms with Crippen molar-refractivity contribution in [2.75, 3.05) is 24.6 Å². The summed E-state index contributed by atoms with van der Waals surface area (Å²) in [6.07, 6.45) is 4.69. The van der Waals surface area contributed by atoms with Crippen molar-refractivity contribution < 1.29 is 23.8 Å². The summed E-state index contributed by atoms with van der Waals surface area (Å²) in [7, 11) is 0. The number of carbonyl (C=O) groups is 1. The highest BCUT2D eigenvalue weighted by Crippen LogP contribution is 2.51. The fourth-order valence-electron chi connectivity index (χ4n) is 5.92. The zero-order chi connectivity index (χ0) is 30.7. The Labute approximate surface area is 254 Å². The van der Waals surface area contributed by atoms with Crippen molar-refractivity contribution in [2.24, 2.45) is 5.41 Å². The molecule has 0 unspecified atom stereocenters. The first-order valence-electron chi connectivity index (χ1n) is 14.4. The van der Waals surface area contributed by atoms with Gasteiger partial charge in [-0.1, -0.05) is 0 Å². The number of anilines is 1. The lowest BCUT2D eigenvalue weighted by Crippen LogP contribution is -2.65. The number of hydrogen-bond donors (Lipinski definition) is 2. The lowest BCUT2D eigenvalue weighted by Gasteiger charge is -2.59. The van der Waals surface area contributed by atoms with Crippen LogP contribution < -0.4 is 19.7 Å². The number of ether oxygens (including phenoxy) is 2. The molecule has 1 aliphatic heterocycles. The zero-order valence-electron chi connectivity index (χ0n) is 24.2. The Bertz CT molecular complexity index is 1730. The van der Waals surface area contributed by atoms with E-state index in [0.29, 0.717) is 40.8 Å². The van der Waals surface area contributed by atoms with E-state index in [1.807, 2.05) is 13.0 Å². The fraction of sp³-hybridized carbons (Fsp3) is 0.303. The number of halogens is 1. The van der Waals surface area contributed by atoms with Crippen LogP contribution >= 0.6 is 0 Å². The number of amides is 1. The van der Waals surface area contributed by atoms with Crippen molar-refractivity contribution >= 4 is 11.6 Å². The van der Waals surface area contributed by atoms with Crippen molar-refractivity contribution in [1.29, 1.82) is 5.26 Å². The SMILES string of the molecule is CCOc1ncccc1-c1ccc(OC2CC3(C2)CN(c2ccc(F)cc2C#N)C3)c(C(=O)NCc2ccnc(CO)c2)n1. The van der Waals surface area contributed by atoms with Gasteiger partial charge in [0, 0.05) is 37.4 Å². The normalized spacial score (nSPS) is 15.2. The summed E-state index contributed by atoms with van der Waals surface area (Å²) >= 11 is 0. The molecule has 2 N–H and O–H groups in total. The average Bonchev–Trinajstić information content (AvgIpc) is 3.01. The number of aromatic nitrogens is 3. The molecule has 11 heteroatoms. The number of nitrogens with zero attached hydrogens (tertiary/aromatic N) is 5. The van der Waals surface area contributed by atoms with Crippen LogP contribution in [0.2, 0.25) is 0 Å². The molecular formula is C33H31FN6O4. The largest absolute Gasteiger partial charge is 0.488 e. The topological polar surface area (TPSA) is 133 Å². The molecule has 6 rings (SSSR count). The first-order chi connectivity index (χ1) is 21.4. The summed E-state index contributed by atoms with van der Waals surface area (Å²) in [6, 6.07) is 17.0. The fourth-order valence-corrected chi connectivity index (χ4v) is 5.92. The monoisotopic (exact) mass is 594 g/mol. The molecule has 0 bridgehead atoms. The molecule has 224 valence electrons. The Balaban J connectivity index is 1.18. The van der Waals surface area contributed by atoms with Gasteiger partial charge < -0.3 is 24.8 Å². The summed E-state index contributed by atoms with van der Waals surface area (Å²) < 4.78 is 25.6. The molecular weight excluding hydrogens is 563 g/mol. The molecule has 1 aromatic carbocycles. The Kier molecular flexibility index (Phi) is 8.09. The van der Waals surface area contributed by atoms with Gasteiger partial charge in [0.25, 0.3) is 5.91 Å². The van der Waals surface area contributed by atoms with Crippen LogP contribution in [0.3, 0.4) is 0 Å². The molecule has 44 heavy (non-hydrogen) atoms.